The average Bonchev–Trinajstić information content (AvgIpc) is 2.84. The number of hydrogen-bond acceptors (Lipinski definition) is 7. The molecular weight excluding hydrogens is 388 g/mol. The summed E-state index contributed by atoms with van der Waals surface area (Å²) in [6, 6.07) is 0. The van der Waals surface area contributed by atoms with Crippen LogP contribution in [0.15, 0.2) is 0 Å². The smallest absolute Gasteiger partial charge is 0.302 e. The summed E-state index contributed by atoms with van der Waals surface area (Å²) >= 11 is 0. The minimum atomic E-state index is -1.46. The number of carbonyl (C=O) groups is 3. The molecule has 4 saturated carbocycles. The molecule has 4 aliphatic carbocycles. The van der Waals surface area contributed by atoms with Gasteiger partial charge in [0.1, 0.15) is 18.0 Å². The van der Waals surface area contributed by atoms with E-state index in [4.69, 9.17) is 9.47 Å². The van der Waals surface area contributed by atoms with Crippen LogP contribution in [-0.2, 0) is 23.9 Å². The molecule has 0 saturated heterocycles. The van der Waals surface area contributed by atoms with Gasteiger partial charge in [0, 0.05) is 37.2 Å². The van der Waals surface area contributed by atoms with Gasteiger partial charge < -0.3 is 19.7 Å². The minimum absolute atomic E-state index is 0.0864. The SMILES string of the molecule is COCC1C(=O)C23CC1CC(O)C2C1(C)CCC(OC(C)=O)C(C)(C)C1C(=O)C3O. The lowest BCUT2D eigenvalue weighted by molar-refractivity contribution is -0.231. The van der Waals surface area contributed by atoms with Crippen LogP contribution in [0.25, 0.3) is 0 Å². The van der Waals surface area contributed by atoms with E-state index in [0.29, 0.717) is 25.7 Å². The third kappa shape index (κ3) is 2.58. The second-order valence-corrected chi connectivity index (χ2v) is 10.9. The van der Waals surface area contributed by atoms with Crippen molar-refractivity contribution in [1.82, 2.24) is 0 Å². The number of Topliss-reactive ketones (excluding diaryl/α,β-unsaturated/α-hetero) is 2. The van der Waals surface area contributed by atoms with Gasteiger partial charge in [-0.05, 0) is 37.0 Å². The summed E-state index contributed by atoms with van der Waals surface area (Å²) in [6.07, 6.45) is -0.677. The highest BCUT2D eigenvalue weighted by Crippen LogP contribution is 2.70. The van der Waals surface area contributed by atoms with Gasteiger partial charge in [0.15, 0.2) is 5.78 Å². The van der Waals surface area contributed by atoms with Gasteiger partial charge >= 0.3 is 5.97 Å². The average molecular weight is 423 g/mol. The van der Waals surface area contributed by atoms with Gasteiger partial charge in [0.05, 0.1) is 18.1 Å². The monoisotopic (exact) mass is 422 g/mol. The predicted molar refractivity (Wildman–Crippen MR) is 106 cm³/mol. The molecule has 4 fully saturated rings. The summed E-state index contributed by atoms with van der Waals surface area (Å²) in [6.45, 7) is 7.38. The van der Waals surface area contributed by atoms with Crippen molar-refractivity contribution in [1.29, 1.82) is 0 Å². The first-order valence-corrected chi connectivity index (χ1v) is 11.0. The topological polar surface area (TPSA) is 110 Å². The van der Waals surface area contributed by atoms with Crippen molar-refractivity contribution >= 4 is 17.5 Å². The molecule has 2 N–H and O–H groups in total. The van der Waals surface area contributed by atoms with Crippen LogP contribution in [0.1, 0.15) is 53.4 Å². The fourth-order valence-corrected chi connectivity index (χ4v) is 8.23. The van der Waals surface area contributed by atoms with Gasteiger partial charge in [-0.2, -0.15) is 0 Å². The number of aliphatic hydroxyl groups is 2. The number of esters is 1. The molecule has 9 unspecified atom stereocenters. The molecule has 0 aromatic rings. The van der Waals surface area contributed by atoms with E-state index in [-0.39, 0.29) is 24.1 Å². The Kier molecular flexibility index (Phi) is 5.00. The Morgan fingerprint density at radius 2 is 1.87 bits per heavy atom. The normalized spacial score (nSPS) is 49.4. The van der Waals surface area contributed by atoms with Crippen LogP contribution in [-0.4, -0.2) is 59.8 Å². The molecule has 4 rings (SSSR count). The molecule has 168 valence electrons. The van der Waals surface area contributed by atoms with Crippen molar-refractivity contribution in [2.75, 3.05) is 13.7 Å². The van der Waals surface area contributed by atoms with Crippen molar-refractivity contribution in [2.45, 2.75) is 71.7 Å². The van der Waals surface area contributed by atoms with Crippen molar-refractivity contribution in [3.8, 4) is 0 Å². The number of carbonyl (C=O) groups excluding carboxylic acids is 3. The fourth-order valence-electron chi connectivity index (χ4n) is 8.23. The van der Waals surface area contributed by atoms with Crippen LogP contribution in [0.2, 0.25) is 0 Å². The van der Waals surface area contributed by atoms with E-state index in [9.17, 15) is 24.6 Å². The van der Waals surface area contributed by atoms with Crippen LogP contribution in [0, 0.1) is 39.9 Å². The quantitative estimate of drug-likeness (QED) is 0.664. The maximum Gasteiger partial charge on any atom is 0.302 e. The number of ketones is 2. The first kappa shape index (κ1) is 21.9. The molecule has 9 atom stereocenters. The molecule has 0 heterocycles. The highest BCUT2D eigenvalue weighted by molar-refractivity contribution is 6.00. The Labute approximate surface area is 177 Å². The molecule has 0 aromatic heterocycles. The lowest BCUT2D eigenvalue weighted by atomic mass is 9.39. The van der Waals surface area contributed by atoms with E-state index in [2.05, 4.69) is 0 Å². The van der Waals surface area contributed by atoms with E-state index in [1.165, 1.54) is 6.92 Å². The molecule has 1 spiro atoms. The number of methoxy groups -OCH3 is 1. The van der Waals surface area contributed by atoms with Crippen LogP contribution in [0.5, 0.6) is 0 Å². The molecule has 0 radical (unpaired) electrons. The van der Waals surface area contributed by atoms with E-state index < -0.39 is 58.3 Å². The molecule has 4 aliphatic rings. The maximum absolute atomic E-state index is 13.7. The largest absolute Gasteiger partial charge is 0.462 e. The standard InChI is InChI=1S/C23H34O7/c1-11(24)30-15-6-7-22(4)17-14(25)8-12-9-23(17,19(27)13(12)10-29-5)20(28)16(26)18(22)21(15,2)3/h12-15,17-18,20,25,28H,6-10H2,1-5H3. The van der Waals surface area contributed by atoms with Crippen LogP contribution < -0.4 is 0 Å². The number of aliphatic hydroxyl groups excluding tert-OH is 2. The van der Waals surface area contributed by atoms with Gasteiger partial charge in [-0.25, -0.2) is 0 Å². The third-order valence-corrected chi connectivity index (χ3v) is 9.03. The van der Waals surface area contributed by atoms with Gasteiger partial charge in [-0.1, -0.05) is 20.8 Å². The molecule has 2 bridgehead atoms. The molecule has 0 amide bonds. The van der Waals surface area contributed by atoms with E-state index in [0.717, 1.165) is 0 Å². The summed E-state index contributed by atoms with van der Waals surface area (Å²) in [5.41, 5.74) is -2.64. The van der Waals surface area contributed by atoms with Crippen molar-refractivity contribution < 1.29 is 34.1 Å². The summed E-state index contributed by atoms with van der Waals surface area (Å²) in [5, 5.41) is 22.6. The molecule has 30 heavy (non-hydrogen) atoms. The first-order valence-electron chi connectivity index (χ1n) is 11.0. The Balaban J connectivity index is 1.82. The number of fused-ring (bicyclic) bond motifs is 3. The molecule has 0 aliphatic heterocycles. The highest BCUT2D eigenvalue weighted by Gasteiger charge is 2.76. The van der Waals surface area contributed by atoms with Crippen molar-refractivity contribution in [3.63, 3.8) is 0 Å². The van der Waals surface area contributed by atoms with E-state index in [1.807, 2.05) is 20.8 Å². The lowest BCUT2D eigenvalue weighted by Gasteiger charge is -2.65. The zero-order valence-electron chi connectivity index (χ0n) is 18.5. The number of hydrogen-bond donors (Lipinski definition) is 2. The van der Waals surface area contributed by atoms with Crippen LogP contribution >= 0.6 is 0 Å². The van der Waals surface area contributed by atoms with Gasteiger partial charge in [0.25, 0.3) is 0 Å². The number of rotatable bonds is 3. The molecular formula is C23H34O7. The van der Waals surface area contributed by atoms with Crippen molar-refractivity contribution in [3.05, 3.63) is 0 Å². The fraction of sp³-hybridized carbons (Fsp3) is 0.870. The zero-order chi connectivity index (χ0) is 22.2. The van der Waals surface area contributed by atoms with Gasteiger partial charge in [0.2, 0.25) is 0 Å². The second kappa shape index (κ2) is 6.84. The summed E-state index contributed by atoms with van der Waals surface area (Å²) in [7, 11) is 1.54. The van der Waals surface area contributed by atoms with Crippen LogP contribution in [0.4, 0.5) is 0 Å². The molecule has 7 nitrogen and oxygen atoms in total. The maximum atomic E-state index is 13.7. The Morgan fingerprint density at radius 1 is 1.20 bits per heavy atom. The summed E-state index contributed by atoms with van der Waals surface area (Å²) in [4.78, 5) is 39.0. The highest BCUT2D eigenvalue weighted by atomic mass is 16.5. The Morgan fingerprint density at radius 3 is 2.47 bits per heavy atom. The molecule has 0 aromatic carbocycles. The number of ether oxygens (including phenoxy) is 2. The summed E-state index contributed by atoms with van der Waals surface area (Å²) < 4.78 is 10.8. The van der Waals surface area contributed by atoms with Crippen molar-refractivity contribution in [2.24, 2.45) is 39.9 Å². The van der Waals surface area contributed by atoms with E-state index in [1.54, 1.807) is 7.11 Å². The minimum Gasteiger partial charge on any atom is -0.462 e. The summed E-state index contributed by atoms with van der Waals surface area (Å²) in [5.74, 6) is -2.49. The van der Waals surface area contributed by atoms with Gasteiger partial charge in [-0.15, -0.1) is 0 Å². The lowest BCUT2D eigenvalue weighted by Crippen LogP contribution is -2.71. The van der Waals surface area contributed by atoms with Gasteiger partial charge in [-0.3, -0.25) is 14.4 Å². The Hall–Kier alpha value is -1.31. The first-order chi connectivity index (χ1) is 13.9. The Bertz CT molecular complexity index is 776. The van der Waals surface area contributed by atoms with E-state index >= 15 is 0 Å². The third-order valence-electron chi connectivity index (χ3n) is 9.03. The molecule has 7 heteroatoms. The predicted octanol–water partition coefficient (Wildman–Crippen LogP) is 1.52. The second-order valence-electron chi connectivity index (χ2n) is 10.9. The zero-order valence-corrected chi connectivity index (χ0v) is 18.5. The van der Waals surface area contributed by atoms with Crippen LogP contribution in [0.3, 0.4) is 0 Å².